The molecule has 0 saturated carbocycles. The van der Waals surface area contributed by atoms with Gasteiger partial charge >= 0.3 is 0 Å². The quantitative estimate of drug-likeness (QED) is 0.820. The van der Waals surface area contributed by atoms with Gasteiger partial charge in [-0.05, 0) is 17.7 Å². The van der Waals surface area contributed by atoms with Crippen molar-refractivity contribution in [3.8, 4) is 6.07 Å². The number of β-amino-alcohol motifs (C(OH)–C–C–N with tert-alkyl or cyclic N) is 1. The molecule has 2 unspecified atom stereocenters. The first-order valence-electron chi connectivity index (χ1n) is 6.05. The van der Waals surface area contributed by atoms with Gasteiger partial charge in [-0.3, -0.25) is 14.5 Å². The Balaban J connectivity index is 2.08. The minimum absolute atomic E-state index is 0.0338. The minimum atomic E-state index is -0.925. The van der Waals surface area contributed by atoms with E-state index in [-0.39, 0.29) is 30.7 Å². The topological polar surface area (TPSA) is 81.4 Å². The lowest BCUT2D eigenvalue weighted by atomic mass is 10.1. The smallest absolute Gasteiger partial charge is 0.232 e. The molecule has 1 aromatic rings. The van der Waals surface area contributed by atoms with E-state index >= 15 is 0 Å². The average Bonchev–Trinajstić information content (AvgIpc) is 2.65. The molecule has 0 radical (unpaired) electrons. The Morgan fingerprint density at radius 2 is 2.05 bits per heavy atom. The number of likely N-dealkylation sites (tertiary alicyclic amines) is 1. The molecule has 19 heavy (non-hydrogen) atoms. The lowest BCUT2D eigenvalue weighted by molar-refractivity contribution is -0.140. The number of rotatable bonds is 3. The summed E-state index contributed by atoms with van der Waals surface area (Å²) in [5, 5.41) is 18.7. The van der Waals surface area contributed by atoms with Gasteiger partial charge in [-0.2, -0.15) is 5.26 Å². The van der Waals surface area contributed by atoms with Crippen LogP contribution in [0.5, 0.6) is 0 Å². The lowest BCUT2D eigenvalue weighted by Crippen LogP contribution is -2.34. The molecule has 1 fully saturated rings. The Bertz CT molecular complexity index is 545. The van der Waals surface area contributed by atoms with Gasteiger partial charge in [-0.1, -0.05) is 19.1 Å². The van der Waals surface area contributed by atoms with Crippen molar-refractivity contribution in [3.63, 3.8) is 0 Å². The average molecular weight is 258 g/mol. The Hall–Kier alpha value is -2.19. The van der Waals surface area contributed by atoms with Crippen LogP contribution in [0.4, 0.5) is 0 Å². The molecule has 1 heterocycles. The number of nitrogens with zero attached hydrogens (tertiary/aromatic N) is 2. The first kappa shape index (κ1) is 13.2. The fourth-order valence-electron chi connectivity index (χ4n) is 2.10. The third kappa shape index (κ3) is 2.64. The van der Waals surface area contributed by atoms with Crippen molar-refractivity contribution in [2.75, 3.05) is 6.54 Å². The second kappa shape index (κ2) is 5.21. The van der Waals surface area contributed by atoms with Crippen molar-refractivity contribution in [1.82, 2.24) is 4.90 Å². The van der Waals surface area contributed by atoms with Crippen molar-refractivity contribution < 1.29 is 14.7 Å². The monoisotopic (exact) mass is 258 g/mol. The number of carbonyl (C=O) groups excluding carboxylic acids is 2. The van der Waals surface area contributed by atoms with Crippen LogP contribution in [0, 0.1) is 17.2 Å². The predicted molar refractivity (Wildman–Crippen MR) is 66.6 cm³/mol. The van der Waals surface area contributed by atoms with Crippen LogP contribution in [0.15, 0.2) is 24.3 Å². The standard InChI is InChI=1S/C14H14N2O3/c1-9-6-13(18)16(14(9)19)8-12(17)11-4-2-10(7-15)3-5-11/h2-5,9,12,17H,6,8H2,1H3. The molecule has 5 nitrogen and oxygen atoms in total. The van der Waals surface area contributed by atoms with Crippen LogP contribution in [0.2, 0.25) is 0 Å². The SMILES string of the molecule is CC1CC(=O)N(CC(O)c2ccc(C#N)cc2)C1=O. The van der Waals surface area contributed by atoms with Gasteiger partial charge < -0.3 is 5.11 Å². The summed E-state index contributed by atoms with van der Waals surface area (Å²) in [7, 11) is 0. The van der Waals surface area contributed by atoms with E-state index in [9.17, 15) is 14.7 Å². The van der Waals surface area contributed by atoms with Crippen molar-refractivity contribution >= 4 is 11.8 Å². The zero-order valence-corrected chi connectivity index (χ0v) is 10.5. The van der Waals surface area contributed by atoms with Crippen molar-refractivity contribution in [2.45, 2.75) is 19.4 Å². The fraction of sp³-hybridized carbons (Fsp3) is 0.357. The van der Waals surface area contributed by atoms with E-state index in [0.717, 1.165) is 4.90 Å². The van der Waals surface area contributed by atoms with Crippen molar-refractivity contribution in [1.29, 1.82) is 5.26 Å². The Morgan fingerprint density at radius 1 is 1.42 bits per heavy atom. The maximum atomic E-state index is 11.7. The number of amides is 2. The number of benzene rings is 1. The molecule has 0 spiro atoms. The van der Waals surface area contributed by atoms with E-state index in [2.05, 4.69) is 0 Å². The predicted octanol–water partition coefficient (Wildman–Crippen LogP) is 0.987. The second-order valence-electron chi connectivity index (χ2n) is 4.70. The molecule has 0 bridgehead atoms. The highest BCUT2D eigenvalue weighted by Crippen LogP contribution is 2.22. The van der Waals surface area contributed by atoms with E-state index in [4.69, 9.17) is 5.26 Å². The fourth-order valence-corrected chi connectivity index (χ4v) is 2.10. The molecule has 0 aliphatic carbocycles. The molecular formula is C14H14N2O3. The van der Waals surface area contributed by atoms with Gasteiger partial charge in [0.25, 0.3) is 0 Å². The number of aliphatic hydroxyl groups is 1. The van der Waals surface area contributed by atoms with Gasteiger partial charge in [0.2, 0.25) is 11.8 Å². The third-order valence-corrected chi connectivity index (χ3v) is 3.25. The highest BCUT2D eigenvalue weighted by Gasteiger charge is 2.36. The van der Waals surface area contributed by atoms with Gasteiger partial charge in [0.05, 0.1) is 24.3 Å². The van der Waals surface area contributed by atoms with Crippen LogP contribution in [0.3, 0.4) is 0 Å². The Kier molecular flexibility index (Phi) is 3.63. The van der Waals surface area contributed by atoms with E-state index in [1.165, 1.54) is 0 Å². The van der Waals surface area contributed by atoms with Crippen molar-refractivity contribution in [3.05, 3.63) is 35.4 Å². The van der Waals surface area contributed by atoms with Crippen LogP contribution in [-0.4, -0.2) is 28.4 Å². The Labute approximate surface area is 111 Å². The van der Waals surface area contributed by atoms with Crippen molar-refractivity contribution in [2.24, 2.45) is 5.92 Å². The molecular weight excluding hydrogens is 244 g/mol. The lowest BCUT2D eigenvalue weighted by Gasteiger charge is -2.19. The van der Waals surface area contributed by atoms with Gasteiger partial charge in [0.15, 0.2) is 0 Å². The summed E-state index contributed by atoms with van der Waals surface area (Å²) < 4.78 is 0. The van der Waals surface area contributed by atoms with E-state index in [0.29, 0.717) is 11.1 Å². The van der Waals surface area contributed by atoms with Crippen LogP contribution < -0.4 is 0 Å². The molecule has 1 N–H and O–H groups in total. The Morgan fingerprint density at radius 3 is 2.53 bits per heavy atom. The highest BCUT2D eigenvalue weighted by molar-refractivity contribution is 6.03. The summed E-state index contributed by atoms with van der Waals surface area (Å²) in [6, 6.07) is 8.42. The highest BCUT2D eigenvalue weighted by atomic mass is 16.3. The first-order valence-corrected chi connectivity index (χ1v) is 6.05. The number of hydrogen-bond acceptors (Lipinski definition) is 4. The summed E-state index contributed by atoms with van der Waals surface area (Å²) in [6.45, 7) is 1.67. The van der Waals surface area contributed by atoms with E-state index < -0.39 is 6.10 Å². The van der Waals surface area contributed by atoms with Crippen LogP contribution >= 0.6 is 0 Å². The summed E-state index contributed by atoms with van der Waals surface area (Å²) in [6.07, 6.45) is -0.718. The van der Waals surface area contributed by atoms with E-state index in [1.807, 2.05) is 6.07 Å². The third-order valence-electron chi connectivity index (χ3n) is 3.25. The molecule has 1 saturated heterocycles. The molecule has 1 aromatic carbocycles. The van der Waals surface area contributed by atoms with Crippen LogP contribution in [0.1, 0.15) is 30.6 Å². The zero-order valence-electron chi connectivity index (χ0n) is 10.5. The summed E-state index contributed by atoms with van der Waals surface area (Å²) in [5.74, 6) is -0.788. The largest absolute Gasteiger partial charge is 0.387 e. The molecule has 5 heteroatoms. The molecule has 1 aliphatic rings. The summed E-state index contributed by atoms with van der Waals surface area (Å²) in [4.78, 5) is 24.5. The van der Waals surface area contributed by atoms with Crippen LogP contribution in [0.25, 0.3) is 0 Å². The summed E-state index contributed by atoms with van der Waals surface area (Å²) >= 11 is 0. The second-order valence-corrected chi connectivity index (χ2v) is 4.70. The molecule has 2 rings (SSSR count). The van der Waals surface area contributed by atoms with Gasteiger partial charge in [0, 0.05) is 12.3 Å². The number of aliphatic hydroxyl groups excluding tert-OH is 1. The zero-order chi connectivity index (χ0) is 14.0. The van der Waals surface area contributed by atoms with Crippen LogP contribution in [-0.2, 0) is 9.59 Å². The molecule has 2 atom stereocenters. The van der Waals surface area contributed by atoms with Gasteiger partial charge in [0.1, 0.15) is 0 Å². The minimum Gasteiger partial charge on any atom is -0.387 e. The number of nitriles is 1. The van der Waals surface area contributed by atoms with Gasteiger partial charge in [-0.25, -0.2) is 0 Å². The number of carbonyl (C=O) groups is 2. The molecule has 1 aliphatic heterocycles. The molecule has 98 valence electrons. The molecule has 2 amide bonds. The number of imide groups is 1. The maximum absolute atomic E-state index is 11.7. The molecule has 0 aromatic heterocycles. The van der Waals surface area contributed by atoms with Gasteiger partial charge in [-0.15, -0.1) is 0 Å². The first-order chi connectivity index (χ1) is 9.02. The summed E-state index contributed by atoms with van der Waals surface area (Å²) in [5.41, 5.74) is 1.08. The normalized spacial score (nSPS) is 20.5. The number of hydrogen-bond donors (Lipinski definition) is 1. The maximum Gasteiger partial charge on any atom is 0.232 e. The van der Waals surface area contributed by atoms with E-state index in [1.54, 1.807) is 31.2 Å².